The Labute approximate surface area is 103 Å². The number of alkyl halides is 2. The first kappa shape index (κ1) is 14.2. The van der Waals surface area contributed by atoms with Gasteiger partial charge in [-0.25, -0.2) is 13.2 Å². The van der Waals surface area contributed by atoms with Gasteiger partial charge in [0, 0.05) is 24.5 Å². The Morgan fingerprint density at radius 2 is 2.11 bits per heavy atom. The monoisotopic (exact) mass is 257 g/mol. The lowest BCUT2D eigenvalue weighted by molar-refractivity contribution is 0.151. The van der Waals surface area contributed by atoms with Gasteiger partial charge in [-0.05, 0) is 29.3 Å². The van der Waals surface area contributed by atoms with Crippen molar-refractivity contribution < 1.29 is 13.2 Å². The lowest BCUT2D eigenvalue weighted by Gasteiger charge is -2.06. The molecule has 6 heteroatoms. The van der Waals surface area contributed by atoms with Gasteiger partial charge in [0.15, 0.2) is 0 Å². The Morgan fingerprint density at radius 1 is 1.39 bits per heavy atom. The highest BCUT2D eigenvalue weighted by molar-refractivity contribution is 6.08. The Kier molecular flexibility index (Phi) is 5.38. The van der Waals surface area contributed by atoms with Crippen LogP contribution in [0.4, 0.5) is 13.2 Å². The molecule has 0 aliphatic carbocycles. The van der Waals surface area contributed by atoms with E-state index in [0.29, 0.717) is 16.7 Å². The van der Waals surface area contributed by atoms with Crippen molar-refractivity contribution >= 4 is 11.8 Å². The largest absolute Gasteiger partial charge is 0.385 e. The van der Waals surface area contributed by atoms with Crippen LogP contribution >= 0.6 is 0 Å². The second-order valence-electron chi connectivity index (χ2n) is 3.60. The predicted molar refractivity (Wildman–Crippen MR) is 65.1 cm³/mol. The highest BCUT2D eigenvalue weighted by Gasteiger charge is 2.04. The first-order valence-electron chi connectivity index (χ1n) is 5.29. The zero-order valence-electron chi connectivity index (χ0n) is 9.59. The molecule has 0 saturated carbocycles. The number of hydrogen-bond acceptors (Lipinski definition) is 3. The van der Waals surface area contributed by atoms with E-state index >= 15 is 0 Å². The third kappa shape index (κ3) is 4.21. The van der Waals surface area contributed by atoms with Crippen LogP contribution in [0.5, 0.6) is 0 Å². The lowest BCUT2D eigenvalue weighted by atomic mass is 10.0. The lowest BCUT2D eigenvalue weighted by Crippen LogP contribution is -2.15. The number of hydrogen-bond donors (Lipinski definition) is 3. The molecule has 0 amide bonds. The first-order valence-corrected chi connectivity index (χ1v) is 5.29. The fraction of sp³-hybridized carbons (Fsp3) is 0.250. The molecule has 0 unspecified atom stereocenters. The van der Waals surface area contributed by atoms with Crippen molar-refractivity contribution in [2.45, 2.75) is 13.0 Å². The maximum absolute atomic E-state index is 13.3. The fourth-order valence-corrected chi connectivity index (χ4v) is 1.40. The fourth-order valence-electron chi connectivity index (χ4n) is 1.40. The van der Waals surface area contributed by atoms with E-state index in [1.807, 2.05) is 0 Å². The Bertz CT molecular complexity index is 444. The Morgan fingerprint density at radius 3 is 2.67 bits per heavy atom. The van der Waals surface area contributed by atoms with E-state index in [9.17, 15) is 13.2 Å². The van der Waals surface area contributed by atoms with Crippen LogP contribution in [0.15, 0.2) is 24.4 Å². The summed E-state index contributed by atoms with van der Waals surface area (Å²) in [5.41, 5.74) is 6.72. The van der Waals surface area contributed by atoms with Gasteiger partial charge in [0.1, 0.15) is 5.82 Å². The van der Waals surface area contributed by atoms with Crippen molar-refractivity contribution in [2.24, 2.45) is 5.73 Å². The second-order valence-corrected chi connectivity index (χ2v) is 3.60. The van der Waals surface area contributed by atoms with E-state index in [-0.39, 0.29) is 6.54 Å². The number of benzene rings is 1. The van der Waals surface area contributed by atoms with Crippen molar-refractivity contribution in [2.75, 3.05) is 6.54 Å². The molecule has 4 N–H and O–H groups in total. The summed E-state index contributed by atoms with van der Waals surface area (Å²) in [5.74, 6) is -0.477. The molecule has 1 rings (SSSR count). The SMILES string of the molecule is N=C/C(=C\NCC(F)F)c1cc(F)cc(CN)c1. The van der Waals surface area contributed by atoms with Crippen molar-refractivity contribution in [3.8, 4) is 0 Å². The minimum Gasteiger partial charge on any atom is -0.385 e. The number of rotatable bonds is 6. The van der Waals surface area contributed by atoms with Crippen LogP contribution in [-0.4, -0.2) is 19.2 Å². The minimum absolute atomic E-state index is 0.167. The molecule has 98 valence electrons. The maximum Gasteiger partial charge on any atom is 0.255 e. The number of nitrogens with one attached hydrogen (secondary N) is 2. The normalized spacial score (nSPS) is 11.7. The standard InChI is InChI=1S/C12H14F3N3/c13-11-2-8(4-16)1-9(3-11)10(5-17)6-18-7-12(14)15/h1-3,5-6,12,17-18H,4,7,16H2/b10-6+,17-5?. The van der Waals surface area contributed by atoms with Crippen LogP contribution in [-0.2, 0) is 6.54 Å². The van der Waals surface area contributed by atoms with Gasteiger partial charge in [-0.3, -0.25) is 0 Å². The molecular formula is C12H14F3N3. The summed E-state index contributed by atoms with van der Waals surface area (Å²) in [6.45, 7) is -0.350. The first-order chi connectivity index (χ1) is 8.56. The van der Waals surface area contributed by atoms with E-state index in [1.165, 1.54) is 18.3 Å². The summed E-state index contributed by atoms with van der Waals surface area (Å²) < 4.78 is 37.2. The molecule has 1 aromatic rings. The maximum atomic E-state index is 13.3. The van der Waals surface area contributed by atoms with Crippen LogP contribution in [0.2, 0.25) is 0 Å². The second kappa shape index (κ2) is 6.80. The van der Waals surface area contributed by atoms with Gasteiger partial charge in [-0.2, -0.15) is 0 Å². The topological polar surface area (TPSA) is 61.9 Å². The third-order valence-electron chi connectivity index (χ3n) is 2.21. The van der Waals surface area contributed by atoms with Gasteiger partial charge in [-0.15, -0.1) is 0 Å². The number of halogens is 3. The summed E-state index contributed by atoms with van der Waals surface area (Å²) in [6, 6.07) is 4.13. The molecule has 18 heavy (non-hydrogen) atoms. The molecule has 3 nitrogen and oxygen atoms in total. The molecule has 0 aliphatic heterocycles. The van der Waals surface area contributed by atoms with Crippen LogP contribution in [0.1, 0.15) is 11.1 Å². The van der Waals surface area contributed by atoms with Gasteiger partial charge < -0.3 is 16.5 Å². The molecule has 0 radical (unpaired) electrons. The predicted octanol–water partition coefficient (Wildman–Crippen LogP) is 2.13. The molecule has 0 aromatic heterocycles. The summed E-state index contributed by atoms with van der Waals surface area (Å²) in [6.07, 6.45) is -0.262. The molecule has 0 saturated heterocycles. The molecular weight excluding hydrogens is 243 g/mol. The zero-order valence-corrected chi connectivity index (χ0v) is 9.59. The van der Waals surface area contributed by atoms with Crippen molar-refractivity contribution in [3.63, 3.8) is 0 Å². The van der Waals surface area contributed by atoms with Gasteiger partial charge in [0.05, 0.1) is 6.54 Å². The van der Waals surface area contributed by atoms with E-state index in [0.717, 1.165) is 6.21 Å². The van der Waals surface area contributed by atoms with Gasteiger partial charge in [-0.1, -0.05) is 0 Å². The molecule has 0 aliphatic rings. The van der Waals surface area contributed by atoms with Gasteiger partial charge >= 0.3 is 0 Å². The van der Waals surface area contributed by atoms with E-state index < -0.39 is 18.8 Å². The molecule has 0 heterocycles. The van der Waals surface area contributed by atoms with Crippen LogP contribution in [0.25, 0.3) is 5.57 Å². The van der Waals surface area contributed by atoms with Crippen LogP contribution < -0.4 is 11.1 Å². The van der Waals surface area contributed by atoms with E-state index in [4.69, 9.17) is 11.1 Å². The highest BCUT2D eigenvalue weighted by atomic mass is 19.3. The van der Waals surface area contributed by atoms with Gasteiger partial charge in [0.25, 0.3) is 6.43 Å². The molecule has 0 spiro atoms. The zero-order chi connectivity index (χ0) is 13.5. The van der Waals surface area contributed by atoms with Crippen LogP contribution in [0.3, 0.4) is 0 Å². The summed E-state index contributed by atoms with van der Waals surface area (Å²) in [7, 11) is 0. The van der Waals surface area contributed by atoms with Crippen molar-refractivity contribution in [3.05, 3.63) is 41.3 Å². The third-order valence-corrected chi connectivity index (χ3v) is 2.21. The van der Waals surface area contributed by atoms with E-state index in [1.54, 1.807) is 6.07 Å². The average molecular weight is 257 g/mol. The average Bonchev–Trinajstić information content (AvgIpc) is 2.33. The summed E-state index contributed by atoms with van der Waals surface area (Å²) in [4.78, 5) is 0. The summed E-state index contributed by atoms with van der Waals surface area (Å²) >= 11 is 0. The van der Waals surface area contributed by atoms with E-state index in [2.05, 4.69) is 5.32 Å². The smallest absolute Gasteiger partial charge is 0.255 e. The molecule has 0 bridgehead atoms. The van der Waals surface area contributed by atoms with Crippen molar-refractivity contribution in [1.29, 1.82) is 5.41 Å². The molecule has 0 fully saturated rings. The number of allylic oxidation sites excluding steroid dienone is 1. The summed E-state index contributed by atoms with van der Waals surface area (Å²) in [5, 5.41) is 9.58. The molecule has 1 aromatic carbocycles. The molecule has 0 atom stereocenters. The van der Waals surface area contributed by atoms with Crippen LogP contribution in [0, 0.1) is 11.2 Å². The van der Waals surface area contributed by atoms with Crippen molar-refractivity contribution in [1.82, 2.24) is 5.32 Å². The Balaban J connectivity index is 2.94. The van der Waals surface area contributed by atoms with Gasteiger partial charge in [0.2, 0.25) is 0 Å². The minimum atomic E-state index is -2.49. The highest BCUT2D eigenvalue weighted by Crippen LogP contribution is 2.16. The Hall–Kier alpha value is -1.82. The quantitative estimate of drug-likeness (QED) is 0.684. The number of nitrogens with two attached hydrogens (primary N) is 1.